The summed E-state index contributed by atoms with van der Waals surface area (Å²) >= 11 is 0. The van der Waals surface area contributed by atoms with E-state index in [1.165, 1.54) is 0 Å². The van der Waals surface area contributed by atoms with Crippen LogP contribution in [0.4, 0.5) is 5.69 Å². The molecule has 0 N–H and O–H groups in total. The molecule has 18 heavy (non-hydrogen) atoms. The van der Waals surface area contributed by atoms with Crippen molar-refractivity contribution >= 4 is 22.4 Å². The van der Waals surface area contributed by atoms with Crippen LogP contribution in [-0.4, -0.2) is 35.1 Å². The standard InChI is InChI=1S/C13H15NO3S/c15-13(11-5-3-8-17-11)14-7-9-18(16)12-6-2-1-4-10(12)14/h1-2,4,6,11H,3,5,7-9H2. The molecular formula is C13H15NO3S. The number of carbonyl (C=O) groups excluding carboxylic acids is 1. The highest BCUT2D eigenvalue weighted by Gasteiger charge is 2.32. The number of amides is 1. The Morgan fingerprint density at radius 1 is 1.39 bits per heavy atom. The van der Waals surface area contributed by atoms with Gasteiger partial charge in [-0.3, -0.25) is 9.00 Å². The molecule has 4 nitrogen and oxygen atoms in total. The second-order valence-corrected chi connectivity index (χ2v) is 6.05. The molecule has 2 atom stereocenters. The molecule has 0 aliphatic carbocycles. The summed E-state index contributed by atoms with van der Waals surface area (Å²) < 4.78 is 17.4. The zero-order valence-electron chi connectivity index (χ0n) is 10.0. The first-order valence-corrected chi connectivity index (χ1v) is 7.49. The van der Waals surface area contributed by atoms with Crippen molar-refractivity contribution in [2.75, 3.05) is 23.8 Å². The van der Waals surface area contributed by atoms with Crippen LogP contribution >= 0.6 is 0 Å². The van der Waals surface area contributed by atoms with Gasteiger partial charge in [0.05, 0.1) is 21.4 Å². The molecule has 0 bridgehead atoms. The number of benzene rings is 1. The maximum Gasteiger partial charge on any atom is 0.256 e. The van der Waals surface area contributed by atoms with Crippen molar-refractivity contribution < 1.29 is 13.7 Å². The molecule has 0 spiro atoms. The lowest BCUT2D eigenvalue weighted by atomic mass is 10.2. The minimum Gasteiger partial charge on any atom is -0.368 e. The normalized spacial score (nSPS) is 27.0. The highest BCUT2D eigenvalue weighted by atomic mass is 32.2. The smallest absolute Gasteiger partial charge is 0.256 e. The maximum absolute atomic E-state index is 12.4. The second-order valence-electron chi connectivity index (χ2n) is 4.51. The topological polar surface area (TPSA) is 46.6 Å². The van der Waals surface area contributed by atoms with Crippen molar-refractivity contribution in [2.45, 2.75) is 23.8 Å². The fourth-order valence-corrected chi connectivity index (χ4v) is 3.66. The Morgan fingerprint density at radius 2 is 2.22 bits per heavy atom. The van der Waals surface area contributed by atoms with E-state index in [2.05, 4.69) is 0 Å². The first kappa shape index (κ1) is 11.9. The van der Waals surface area contributed by atoms with Crippen LogP contribution in [0.15, 0.2) is 29.2 Å². The van der Waals surface area contributed by atoms with Gasteiger partial charge in [0.25, 0.3) is 5.91 Å². The fourth-order valence-electron chi connectivity index (χ4n) is 2.45. The number of anilines is 1. The number of nitrogens with zero attached hydrogens (tertiary/aromatic N) is 1. The van der Waals surface area contributed by atoms with Crippen LogP contribution in [0.1, 0.15) is 12.8 Å². The minimum absolute atomic E-state index is 0.0108. The van der Waals surface area contributed by atoms with E-state index >= 15 is 0 Å². The summed E-state index contributed by atoms with van der Waals surface area (Å²) in [5.74, 6) is 0.520. The van der Waals surface area contributed by atoms with E-state index in [-0.39, 0.29) is 12.0 Å². The lowest BCUT2D eigenvalue weighted by Crippen LogP contribution is -2.43. The van der Waals surface area contributed by atoms with E-state index in [0.29, 0.717) is 18.9 Å². The molecule has 1 aromatic carbocycles. The van der Waals surface area contributed by atoms with Gasteiger partial charge in [0.15, 0.2) is 0 Å². The molecule has 2 unspecified atom stereocenters. The highest BCUT2D eigenvalue weighted by molar-refractivity contribution is 7.85. The van der Waals surface area contributed by atoms with E-state index in [1.807, 2.05) is 24.3 Å². The third kappa shape index (κ3) is 1.97. The predicted molar refractivity (Wildman–Crippen MR) is 69.0 cm³/mol. The van der Waals surface area contributed by atoms with Gasteiger partial charge in [0.2, 0.25) is 0 Å². The highest BCUT2D eigenvalue weighted by Crippen LogP contribution is 2.29. The third-order valence-electron chi connectivity index (χ3n) is 3.37. The number of rotatable bonds is 1. The quantitative estimate of drug-likeness (QED) is 0.769. The average molecular weight is 265 g/mol. The van der Waals surface area contributed by atoms with Crippen LogP contribution < -0.4 is 4.90 Å². The van der Waals surface area contributed by atoms with Gasteiger partial charge in [-0.1, -0.05) is 12.1 Å². The Labute approximate surface area is 108 Å². The van der Waals surface area contributed by atoms with Crippen molar-refractivity contribution in [1.82, 2.24) is 0 Å². The number of fused-ring (bicyclic) bond motifs is 1. The fraction of sp³-hybridized carbons (Fsp3) is 0.462. The largest absolute Gasteiger partial charge is 0.368 e. The van der Waals surface area contributed by atoms with Gasteiger partial charge in [0.1, 0.15) is 6.10 Å². The van der Waals surface area contributed by atoms with E-state index in [0.717, 1.165) is 23.4 Å². The van der Waals surface area contributed by atoms with E-state index in [9.17, 15) is 9.00 Å². The molecule has 96 valence electrons. The number of ether oxygens (including phenoxy) is 1. The van der Waals surface area contributed by atoms with Gasteiger partial charge in [-0.15, -0.1) is 0 Å². The van der Waals surface area contributed by atoms with Crippen molar-refractivity contribution in [2.24, 2.45) is 0 Å². The van der Waals surface area contributed by atoms with Gasteiger partial charge in [-0.25, -0.2) is 0 Å². The van der Waals surface area contributed by atoms with Crippen molar-refractivity contribution in [3.05, 3.63) is 24.3 Å². The lowest BCUT2D eigenvalue weighted by molar-refractivity contribution is -0.127. The first-order chi connectivity index (χ1) is 8.77. The molecule has 2 aliphatic rings. The van der Waals surface area contributed by atoms with Gasteiger partial charge >= 0.3 is 0 Å². The summed E-state index contributed by atoms with van der Waals surface area (Å²) in [7, 11) is -0.989. The maximum atomic E-state index is 12.4. The van der Waals surface area contributed by atoms with Crippen molar-refractivity contribution in [3.8, 4) is 0 Å². The zero-order chi connectivity index (χ0) is 12.5. The molecule has 1 saturated heterocycles. The average Bonchev–Trinajstić information content (AvgIpc) is 2.93. The number of hydrogen-bond donors (Lipinski definition) is 0. The molecule has 0 radical (unpaired) electrons. The monoisotopic (exact) mass is 265 g/mol. The molecule has 2 aliphatic heterocycles. The van der Waals surface area contributed by atoms with Crippen LogP contribution in [0.25, 0.3) is 0 Å². The van der Waals surface area contributed by atoms with Crippen LogP contribution in [0.3, 0.4) is 0 Å². The molecular weight excluding hydrogens is 250 g/mol. The summed E-state index contributed by atoms with van der Waals surface area (Å²) in [6.45, 7) is 1.18. The van der Waals surface area contributed by atoms with Gasteiger partial charge in [-0.2, -0.15) is 0 Å². The van der Waals surface area contributed by atoms with E-state index < -0.39 is 10.8 Å². The van der Waals surface area contributed by atoms with Crippen molar-refractivity contribution in [1.29, 1.82) is 0 Å². The minimum atomic E-state index is -0.989. The van der Waals surface area contributed by atoms with Gasteiger partial charge in [0, 0.05) is 18.9 Å². The molecule has 1 fully saturated rings. The number of para-hydroxylation sites is 1. The SMILES string of the molecule is O=C(C1CCCO1)N1CCS(=O)c2ccccc21. The zero-order valence-corrected chi connectivity index (χ0v) is 10.8. The molecule has 0 saturated carbocycles. The van der Waals surface area contributed by atoms with Crippen molar-refractivity contribution in [3.63, 3.8) is 0 Å². The first-order valence-electron chi connectivity index (χ1n) is 6.18. The molecule has 1 aromatic rings. The molecule has 5 heteroatoms. The predicted octanol–water partition coefficient (Wildman–Crippen LogP) is 1.32. The molecule has 3 rings (SSSR count). The van der Waals surface area contributed by atoms with E-state index in [1.54, 1.807) is 4.90 Å². The summed E-state index contributed by atoms with van der Waals surface area (Å²) in [5, 5.41) is 0. The summed E-state index contributed by atoms with van der Waals surface area (Å²) in [6, 6.07) is 7.42. The van der Waals surface area contributed by atoms with Crippen LogP contribution in [0, 0.1) is 0 Å². The molecule has 2 heterocycles. The summed E-state index contributed by atoms with van der Waals surface area (Å²) in [6.07, 6.45) is 1.42. The molecule has 0 aromatic heterocycles. The summed E-state index contributed by atoms with van der Waals surface area (Å²) in [4.78, 5) is 14.9. The Hall–Kier alpha value is -1.20. The third-order valence-corrected chi connectivity index (χ3v) is 4.76. The Bertz CT molecular complexity index is 497. The Morgan fingerprint density at radius 3 is 3.00 bits per heavy atom. The molecule has 1 amide bonds. The summed E-state index contributed by atoms with van der Waals surface area (Å²) in [5.41, 5.74) is 0.780. The Balaban J connectivity index is 1.92. The lowest BCUT2D eigenvalue weighted by Gasteiger charge is -2.30. The van der Waals surface area contributed by atoms with Gasteiger partial charge < -0.3 is 9.64 Å². The van der Waals surface area contributed by atoms with Crippen LogP contribution in [0.2, 0.25) is 0 Å². The van der Waals surface area contributed by atoms with Crippen LogP contribution in [0.5, 0.6) is 0 Å². The second kappa shape index (κ2) is 4.82. The Kier molecular flexibility index (Phi) is 3.18. The van der Waals surface area contributed by atoms with Gasteiger partial charge in [-0.05, 0) is 25.0 Å². The number of hydrogen-bond acceptors (Lipinski definition) is 3. The number of carbonyl (C=O) groups is 1. The van der Waals surface area contributed by atoms with Crippen LogP contribution in [-0.2, 0) is 20.3 Å². The van der Waals surface area contributed by atoms with E-state index in [4.69, 9.17) is 4.74 Å².